The second-order valence-corrected chi connectivity index (χ2v) is 14.6. The van der Waals surface area contributed by atoms with Crippen molar-refractivity contribution in [2.24, 2.45) is 0 Å². The molecule has 1 aromatic rings. The predicted octanol–water partition coefficient (Wildman–Crippen LogP) is 7.01. The van der Waals surface area contributed by atoms with Crippen LogP contribution in [-0.4, -0.2) is 26.4 Å². The first-order chi connectivity index (χ1) is 14.1. The minimum Gasteiger partial charge on any atom is -0.399 e. The van der Waals surface area contributed by atoms with E-state index in [4.69, 9.17) is 9.31 Å². The molecule has 2 rings (SSSR count). The number of rotatable bonds is 10. The van der Waals surface area contributed by atoms with Crippen LogP contribution in [0.25, 0.3) is 0 Å². The molecule has 0 unspecified atom stereocenters. The number of benzene rings is 1. The largest absolute Gasteiger partial charge is 0.494 e. The zero-order valence-electron chi connectivity index (χ0n) is 20.7. The monoisotopic (exact) mass is 426 g/mol. The molecule has 0 saturated carbocycles. The zero-order chi connectivity index (χ0) is 22.4. The Morgan fingerprint density at radius 1 is 0.933 bits per heavy atom. The van der Waals surface area contributed by atoms with Gasteiger partial charge in [-0.3, -0.25) is 0 Å². The van der Waals surface area contributed by atoms with Crippen molar-refractivity contribution in [3.63, 3.8) is 0 Å². The summed E-state index contributed by atoms with van der Waals surface area (Å²) in [5.74, 6) is 0. The predicted molar refractivity (Wildman–Crippen MR) is 135 cm³/mol. The lowest BCUT2D eigenvalue weighted by Gasteiger charge is -2.32. The van der Waals surface area contributed by atoms with Crippen molar-refractivity contribution >= 4 is 20.4 Å². The molecule has 166 valence electrons. The molecule has 30 heavy (non-hydrogen) atoms. The van der Waals surface area contributed by atoms with E-state index in [9.17, 15) is 0 Å². The molecule has 0 radical (unpaired) electrons. The topological polar surface area (TPSA) is 18.5 Å². The Labute approximate surface area is 187 Å². The van der Waals surface area contributed by atoms with Crippen LogP contribution in [0, 0.1) is 0 Å². The van der Waals surface area contributed by atoms with E-state index in [1.54, 1.807) is 5.20 Å². The highest BCUT2D eigenvalue weighted by Gasteiger charge is 2.53. The smallest absolute Gasteiger partial charge is 0.399 e. The van der Waals surface area contributed by atoms with Gasteiger partial charge in [-0.25, -0.2) is 0 Å². The summed E-state index contributed by atoms with van der Waals surface area (Å²) in [6.45, 7) is 18.1. The molecule has 1 aromatic carbocycles. The molecule has 1 heterocycles. The molecule has 0 N–H and O–H groups in total. The number of allylic oxidation sites excluding steroid dienone is 4. The van der Waals surface area contributed by atoms with Gasteiger partial charge >= 0.3 is 7.12 Å². The lowest BCUT2D eigenvalue weighted by molar-refractivity contribution is 0.00578. The summed E-state index contributed by atoms with van der Waals surface area (Å²) in [6, 6.07) is 11.1. The van der Waals surface area contributed by atoms with Gasteiger partial charge in [0.1, 0.15) is 8.07 Å². The SMILES string of the molecule is CCCC/C=C/C(B1OC(C)(C)C(C)(C)O1)=C(/CCCC)[Si](C)(C)c1ccccc1. The van der Waals surface area contributed by atoms with Gasteiger partial charge in [-0.2, -0.15) is 0 Å². The molecule has 1 saturated heterocycles. The fourth-order valence-corrected chi connectivity index (χ4v) is 7.12. The maximum Gasteiger partial charge on any atom is 0.494 e. The van der Waals surface area contributed by atoms with Crippen LogP contribution < -0.4 is 5.19 Å². The first kappa shape index (κ1) is 25.2. The van der Waals surface area contributed by atoms with Crippen molar-refractivity contribution in [1.29, 1.82) is 0 Å². The lowest BCUT2D eigenvalue weighted by Crippen LogP contribution is -2.45. The standard InChI is InChI=1S/C26H43BO2Si/c1-9-11-13-17-20-23(27-28-25(3,4)26(5,6)29-27)24(21-12-10-2)30(7,8)22-18-15-14-16-19-22/h14-20H,9-13,21H2,1-8H3/b20-17+,24-23+. The molecule has 0 bridgehead atoms. The third-order valence-electron chi connectivity index (χ3n) is 6.91. The van der Waals surface area contributed by atoms with E-state index in [1.807, 2.05) is 0 Å². The van der Waals surface area contributed by atoms with Gasteiger partial charge in [0.15, 0.2) is 0 Å². The summed E-state index contributed by atoms with van der Waals surface area (Å²) >= 11 is 0. The van der Waals surface area contributed by atoms with Crippen molar-refractivity contribution in [1.82, 2.24) is 0 Å². The highest BCUT2D eigenvalue weighted by Crippen LogP contribution is 2.40. The van der Waals surface area contributed by atoms with E-state index >= 15 is 0 Å². The summed E-state index contributed by atoms with van der Waals surface area (Å²) in [6.07, 6.45) is 11.7. The Hall–Kier alpha value is -1.10. The molecule has 0 aliphatic carbocycles. The van der Waals surface area contributed by atoms with Crippen molar-refractivity contribution in [3.8, 4) is 0 Å². The van der Waals surface area contributed by atoms with Crippen LogP contribution in [-0.2, 0) is 9.31 Å². The van der Waals surface area contributed by atoms with Crippen LogP contribution >= 0.6 is 0 Å². The van der Waals surface area contributed by atoms with Crippen LogP contribution in [0.5, 0.6) is 0 Å². The highest BCUT2D eigenvalue weighted by molar-refractivity contribution is 6.96. The van der Waals surface area contributed by atoms with Gasteiger partial charge in [-0.05, 0) is 46.0 Å². The molecule has 0 aromatic heterocycles. The minimum absolute atomic E-state index is 0.296. The molecule has 1 aliphatic rings. The fourth-order valence-electron chi connectivity index (χ4n) is 4.02. The number of unbranched alkanes of at least 4 members (excludes halogenated alkanes) is 3. The second-order valence-electron chi connectivity index (χ2n) is 10.2. The fraction of sp³-hybridized carbons (Fsp3) is 0.615. The van der Waals surface area contributed by atoms with Crippen molar-refractivity contribution < 1.29 is 9.31 Å². The van der Waals surface area contributed by atoms with Crippen molar-refractivity contribution in [2.45, 2.75) is 104 Å². The van der Waals surface area contributed by atoms with Gasteiger partial charge in [0.05, 0.1) is 11.2 Å². The maximum atomic E-state index is 6.57. The molecule has 1 fully saturated rings. The van der Waals surface area contributed by atoms with E-state index in [0.717, 1.165) is 12.8 Å². The first-order valence-electron chi connectivity index (χ1n) is 11.9. The molecular formula is C26H43BO2Si. The quantitative estimate of drug-likeness (QED) is 0.228. The van der Waals surface area contributed by atoms with Crippen LogP contribution in [0.4, 0.5) is 0 Å². The van der Waals surface area contributed by atoms with E-state index in [-0.39, 0.29) is 18.3 Å². The summed E-state index contributed by atoms with van der Waals surface area (Å²) in [4.78, 5) is 0. The molecular weight excluding hydrogens is 383 g/mol. The Morgan fingerprint density at radius 3 is 2.03 bits per heavy atom. The zero-order valence-corrected chi connectivity index (χ0v) is 21.7. The van der Waals surface area contributed by atoms with Crippen LogP contribution in [0.1, 0.15) is 80.1 Å². The van der Waals surface area contributed by atoms with Gasteiger partial charge in [0.25, 0.3) is 0 Å². The minimum atomic E-state index is -1.87. The average Bonchev–Trinajstić information content (AvgIpc) is 2.91. The summed E-state index contributed by atoms with van der Waals surface area (Å²) < 4.78 is 13.1. The summed E-state index contributed by atoms with van der Waals surface area (Å²) in [5, 5.41) is 3.05. The Bertz CT molecular complexity index is 719. The molecule has 0 amide bonds. The summed E-state index contributed by atoms with van der Waals surface area (Å²) in [7, 11) is -2.17. The molecule has 2 nitrogen and oxygen atoms in total. The van der Waals surface area contributed by atoms with Crippen LogP contribution in [0.2, 0.25) is 13.1 Å². The Kier molecular flexibility index (Phi) is 8.79. The van der Waals surface area contributed by atoms with E-state index in [0.29, 0.717) is 0 Å². The lowest BCUT2D eigenvalue weighted by atomic mass is 9.76. The maximum absolute atomic E-state index is 6.57. The normalized spacial score (nSPS) is 19.4. The van der Waals surface area contributed by atoms with Gasteiger partial charge < -0.3 is 9.31 Å². The molecule has 4 heteroatoms. The van der Waals surface area contributed by atoms with Crippen LogP contribution in [0.3, 0.4) is 0 Å². The third kappa shape index (κ3) is 5.78. The second kappa shape index (κ2) is 10.5. The van der Waals surface area contributed by atoms with Crippen molar-refractivity contribution in [2.75, 3.05) is 0 Å². The van der Waals surface area contributed by atoms with E-state index in [1.165, 1.54) is 36.3 Å². The molecule has 0 atom stereocenters. The third-order valence-corrected chi connectivity index (χ3v) is 10.7. The highest BCUT2D eigenvalue weighted by atomic mass is 28.3. The Morgan fingerprint density at radius 2 is 1.50 bits per heavy atom. The number of hydrogen-bond acceptors (Lipinski definition) is 2. The van der Waals surface area contributed by atoms with E-state index in [2.05, 4.69) is 97.1 Å². The van der Waals surface area contributed by atoms with Crippen molar-refractivity contribution in [3.05, 3.63) is 53.2 Å². The molecule has 1 aliphatic heterocycles. The van der Waals surface area contributed by atoms with E-state index < -0.39 is 8.07 Å². The molecule has 0 spiro atoms. The Balaban J connectivity index is 2.59. The van der Waals surface area contributed by atoms with Gasteiger partial charge in [-0.1, -0.05) is 105 Å². The number of hydrogen-bond donors (Lipinski definition) is 0. The van der Waals surface area contributed by atoms with Gasteiger partial charge in [-0.15, -0.1) is 0 Å². The summed E-state index contributed by atoms with van der Waals surface area (Å²) in [5.41, 5.74) is 0.627. The van der Waals surface area contributed by atoms with Gasteiger partial charge in [0, 0.05) is 0 Å². The van der Waals surface area contributed by atoms with Gasteiger partial charge in [0.2, 0.25) is 0 Å². The average molecular weight is 427 g/mol. The first-order valence-corrected chi connectivity index (χ1v) is 14.9. The van der Waals surface area contributed by atoms with Crippen LogP contribution in [0.15, 0.2) is 53.2 Å².